The minimum atomic E-state index is -0.855. The maximum atomic E-state index is 13.1. The fraction of sp³-hybridized carbons (Fsp3) is 0.417. The van der Waals surface area contributed by atoms with Crippen molar-refractivity contribution < 1.29 is 19.1 Å². The molecule has 0 aromatic heterocycles. The molecule has 6 heteroatoms. The van der Waals surface area contributed by atoms with E-state index in [9.17, 15) is 9.59 Å². The van der Waals surface area contributed by atoms with Crippen LogP contribution in [0.15, 0.2) is 60.7 Å². The minimum Gasteiger partial charge on any atom is -0.444 e. The van der Waals surface area contributed by atoms with Gasteiger partial charge in [0.25, 0.3) is 0 Å². The number of benzene rings is 2. The van der Waals surface area contributed by atoms with Gasteiger partial charge < -0.3 is 14.4 Å². The Labute approximate surface area is 178 Å². The van der Waals surface area contributed by atoms with Gasteiger partial charge in [-0.05, 0) is 32.8 Å². The lowest BCUT2D eigenvalue weighted by atomic mass is 9.80. The van der Waals surface area contributed by atoms with Crippen LogP contribution in [-0.4, -0.2) is 35.7 Å². The van der Waals surface area contributed by atoms with Crippen molar-refractivity contribution in [3.63, 3.8) is 0 Å². The Balaban J connectivity index is 1.78. The molecule has 30 heavy (non-hydrogen) atoms. The van der Waals surface area contributed by atoms with Gasteiger partial charge in [0.05, 0.1) is 5.92 Å². The third-order valence-corrected chi connectivity index (χ3v) is 5.17. The molecule has 1 aliphatic heterocycles. The van der Waals surface area contributed by atoms with Crippen molar-refractivity contribution in [3.05, 3.63) is 71.8 Å². The molecule has 160 valence electrons. The van der Waals surface area contributed by atoms with Crippen LogP contribution in [0.2, 0.25) is 0 Å². The van der Waals surface area contributed by atoms with Crippen molar-refractivity contribution in [1.82, 2.24) is 4.90 Å². The number of carbonyl (C=O) groups is 2. The first-order chi connectivity index (χ1) is 14.2. The normalized spacial score (nSPS) is 20.3. The highest BCUT2D eigenvalue weighted by Gasteiger charge is 2.39. The van der Waals surface area contributed by atoms with E-state index in [1.807, 2.05) is 81.4 Å². The summed E-state index contributed by atoms with van der Waals surface area (Å²) in [6.45, 7) is 6.22. The van der Waals surface area contributed by atoms with Gasteiger partial charge in [-0.3, -0.25) is 10.5 Å². The first-order valence-corrected chi connectivity index (χ1v) is 10.3. The summed E-state index contributed by atoms with van der Waals surface area (Å²) in [6, 6.07) is 19.1. The predicted octanol–water partition coefficient (Wildman–Crippen LogP) is 4.23. The molecule has 0 spiro atoms. The summed E-state index contributed by atoms with van der Waals surface area (Å²) in [5.74, 6) is -0.989. The van der Waals surface area contributed by atoms with Gasteiger partial charge in [0.1, 0.15) is 5.60 Å². The minimum absolute atomic E-state index is 0.0552. The second-order valence-corrected chi connectivity index (χ2v) is 8.61. The number of ether oxygens (including phenoxy) is 2. The lowest BCUT2D eigenvalue weighted by molar-refractivity contribution is -0.156. The molecular formula is C24H30N2O4. The molecule has 6 nitrogen and oxygen atoms in total. The van der Waals surface area contributed by atoms with Crippen LogP contribution in [0, 0.1) is 5.92 Å². The summed E-state index contributed by atoms with van der Waals surface area (Å²) in [4.78, 5) is 27.3. The zero-order chi connectivity index (χ0) is 21.7. The van der Waals surface area contributed by atoms with E-state index in [4.69, 9.17) is 15.2 Å². The summed E-state index contributed by atoms with van der Waals surface area (Å²) in [6.07, 6.45) is -0.630. The van der Waals surface area contributed by atoms with Crippen molar-refractivity contribution in [1.29, 1.82) is 0 Å². The number of esters is 1. The third kappa shape index (κ3) is 5.60. The monoisotopic (exact) mass is 410 g/mol. The molecule has 0 bridgehead atoms. The van der Waals surface area contributed by atoms with Gasteiger partial charge in [-0.1, -0.05) is 60.7 Å². The Morgan fingerprint density at radius 1 is 1.03 bits per heavy atom. The van der Waals surface area contributed by atoms with E-state index in [-0.39, 0.29) is 12.5 Å². The van der Waals surface area contributed by atoms with Crippen molar-refractivity contribution in [2.45, 2.75) is 44.9 Å². The van der Waals surface area contributed by atoms with E-state index in [0.29, 0.717) is 13.0 Å². The highest BCUT2D eigenvalue weighted by atomic mass is 16.6. The van der Waals surface area contributed by atoms with Crippen LogP contribution in [0.3, 0.4) is 0 Å². The highest BCUT2D eigenvalue weighted by Crippen LogP contribution is 2.35. The Hall–Kier alpha value is -2.86. The zero-order valence-electron chi connectivity index (χ0n) is 17.8. The van der Waals surface area contributed by atoms with E-state index >= 15 is 0 Å². The van der Waals surface area contributed by atoms with Gasteiger partial charge in [0.15, 0.2) is 6.23 Å². The summed E-state index contributed by atoms with van der Waals surface area (Å²) in [5.41, 5.74) is 7.29. The number of nitrogens with zero attached hydrogens (tertiary/aromatic N) is 1. The van der Waals surface area contributed by atoms with Crippen LogP contribution < -0.4 is 5.73 Å². The maximum Gasteiger partial charge on any atom is 0.410 e. The fourth-order valence-corrected chi connectivity index (χ4v) is 3.71. The number of carbonyl (C=O) groups excluding carboxylic acids is 2. The summed E-state index contributed by atoms with van der Waals surface area (Å²) >= 11 is 0. The van der Waals surface area contributed by atoms with E-state index < -0.39 is 29.8 Å². The third-order valence-electron chi connectivity index (χ3n) is 5.17. The Kier molecular flexibility index (Phi) is 6.77. The predicted molar refractivity (Wildman–Crippen MR) is 115 cm³/mol. The lowest BCUT2D eigenvalue weighted by Crippen LogP contribution is -2.48. The van der Waals surface area contributed by atoms with Crippen LogP contribution in [0.4, 0.5) is 4.79 Å². The molecular weight excluding hydrogens is 380 g/mol. The number of rotatable bonds is 4. The molecule has 3 rings (SSSR count). The van der Waals surface area contributed by atoms with E-state index in [1.165, 1.54) is 0 Å². The smallest absolute Gasteiger partial charge is 0.410 e. The quantitative estimate of drug-likeness (QED) is 0.603. The van der Waals surface area contributed by atoms with E-state index in [1.54, 1.807) is 4.90 Å². The topological polar surface area (TPSA) is 81.9 Å². The second kappa shape index (κ2) is 9.30. The Morgan fingerprint density at radius 2 is 1.63 bits per heavy atom. The molecule has 1 fully saturated rings. The molecule has 1 saturated heterocycles. The number of piperidine rings is 1. The molecule has 0 saturated carbocycles. The fourth-order valence-electron chi connectivity index (χ4n) is 3.71. The summed E-state index contributed by atoms with van der Waals surface area (Å²) in [7, 11) is 0. The number of hydrogen-bond donors (Lipinski definition) is 1. The van der Waals surface area contributed by atoms with Gasteiger partial charge in [-0.25, -0.2) is 4.79 Å². The average Bonchev–Trinajstić information content (AvgIpc) is 2.73. The number of amides is 1. The number of nitrogens with two attached hydrogens (primary N) is 1. The second-order valence-electron chi connectivity index (χ2n) is 8.61. The average molecular weight is 411 g/mol. The lowest BCUT2D eigenvalue weighted by Gasteiger charge is -2.38. The van der Waals surface area contributed by atoms with Crippen LogP contribution >= 0.6 is 0 Å². The molecule has 1 aliphatic rings. The van der Waals surface area contributed by atoms with Gasteiger partial charge in [0.2, 0.25) is 0 Å². The Morgan fingerprint density at radius 3 is 2.23 bits per heavy atom. The molecule has 1 heterocycles. The van der Waals surface area contributed by atoms with Crippen molar-refractivity contribution in [2.75, 3.05) is 13.1 Å². The first kappa shape index (κ1) is 21.8. The molecule has 3 unspecified atom stereocenters. The van der Waals surface area contributed by atoms with E-state index in [2.05, 4.69) is 0 Å². The molecule has 2 aromatic carbocycles. The van der Waals surface area contributed by atoms with Crippen molar-refractivity contribution in [3.8, 4) is 0 Å². The van der Waals surface area contributed by atoms with Gasteiger partial charge in [-0.2, -0.15) is 0 Å². The summed E-state index contributed by atoms with van der Waals surface area (Å²) in [5, 5.41) is 0. The van der Waals surface area contributed by atoms with Gasteiger partial charge >= 0.3 is 12.1 Å². The van der Waals surface area contributed by atoms with Crippen LogP contribution in [0.1, 0.15) is 50.5 Å². The largest absolute Gasteiger partial charge is 0.444 e. The van der Waals surface area contributed by atoms with Crippen LogP contribution in [0.5, 0.6) is 0 Å². The van der Waals surface area contributed by atoms with Crippen LogP contribution in [-0.2, 0) is 14.3 Å². The molecule has 2 aromatic rings. The molecule has 1 amide bonds. The molecule has 0 radical (unpaired) electrons. The first-order valence-electron chi connectivity index (χ1n) is 10.3. The number of hydrogen-bond acceptors (Lipinski definition) is 5. The Bertz CT molecular complexity index is 849. The zero-order valence-corrected chi connectivity index (χ0v) is 17.8. The molecule has 3 atom stereocenters. The highest BCUT2D eigenvalue weighted by molar-refractivity contribution is 5.76. The summed E-state index contributed by atoms with van der Waals surface area (Å²) < 4.78 is 11.1. The van der Waals surface area contributed by atoms with Gasteiger partial charge in [0, 0.05) is 24.6 Å². The standard InChI is InChI=1S/C24H30N2O4/c1-24(2,3)30-23(28)26-15-14-19(17-10-6-4-7-11-17)20(16-26)22(27)29-21(25)18-12-8-5-9-13-18/h4-13,19-21H,14-16,25H2,1-3H3. The molecule has 0 aliphatic carbocycles. The van der Waals surface area contributed by atoms with Crippen molar-refractivity contribution in [2.24, 2.45) is 11.7 Å². The maximum absolute atomic E-state index is 13.1. The van der Waals surface area contributed by atoms with Crippen LogP contribution in [0.25, 0.3) is 0 Å². The van der Waals surface area contributed by atoms with Gasteiger partial charge in [-0.15, -0.1) is 0 Å². The SMILES string of the molecule is CC(C)(C)OC(=O)N1CCC(c2ccccc2)C(C(=O)OC(N)c2ccccc2)C1. The molecule has 2 N–H and O–H groups in total. The van der Waals surface area contributed by atoms with Crippen molar-refractivity contribution >= 4 is 12.1 Å². The number of likely N-dealkylation sites (tertiary alicyclic amines) is 1. The van der Waals surface area contributed by atoms with E-state index in [0.717, 1.165) is 11.1 Å².